The summed E-state index contributed by atoms with van der Waals surface area (Å²) < 4.78 is 21.7. The van der Waals surface area contributed by atoms with Crippen molar-refractivity contribution in [3.63, 3.8) is 0 Å². The van der Waals surface area contributed by atoms with Gasteiger partial charge in [0, 0.05) is 6.66 Å². The van der Waals surface area contributed by atoms with Crippen LogP contribution < -0.4 is 5.09 Å². The summed E-state index contributed by atoms with van der Waals surface area (Å²) in [5, 5.41) is 2.74. The molecule has 0 saturated heterocycles. The van der Waals surface area contributed by atoms with Crippen LogP contribution in [-0.2, 0) is 18.6 Å². The first-order valence-electron chi connectivity index (χ1n) is 5.21. The number of nitrogens with one attached hydrogen (secondary N) is 1. The molecule has 0 aromatic rings. The van der Waals surface area contributed by atoms with E-state index >= 15 is 0 Å². The number of esters is 1. The van der Waals surface area contributed by atoms with Gasteiger partial charge in [0.25, 0.3) is 7.52 Å². The van der Waals surface area contributed by atoms with E-state index in [0.29, 0.717) is 6.61 Å². The summed E-state index contributed by atoms with van der Waals surface area (Å²) in [6, 6.07) is -0.653. The highest BCUT2D eigenvalue weighted by Crippen LogP contribution is 2.40. The van der Waals surface area contributed by atoms with Gasteiger partial charge in [0.05, 0.1) is 13.7 Å². The van der Waals surface area contributed by atoms with Crippen molar-refractivity contribution in [1.82, 2.24) is 5.09 Å². The molecule has 0 rings (SSSR count). The van der Waals surface area contributed by atoms with Crippen LogP contribution >= 0.6 is 7.52 Å². The second-order valence-corrected chi connectivity index (χ2v) is 6.92. The number of rotatable bonds is 5. The zero-order valence-corrected chi connectivity index (χ0v) is 11.8. The highest BCUT2D eigenvalue weighted by molar-refractivity contribution is 7.56. The van der Waals surface area contributed by atoms with Gasteiger partial charge < -0.3 is 9.26 Å². The van der Waals surface area contributed by atoms with Crippen LogP contribution in [0.5, 0.6) is 0 Å². The Morgan fingerprint density at radius 2 is 1.94 bits per heavy atom. The smallest absolute Gasteiger partial charge is 0.323 e. The molecule has 0 aliphatic rings. The molecule has 0 spiro atoms. The molecule has 0 radical (unpaired) electrons. The predicted molar refractivity (Wildman–Crippen MR) is 63.6 cm³/mol. The fourth-order valence-electron chi connectivity index (χ4n) is 1.24. The first kappa shape index (κ1) is 15.6. The lowest BCUT2D eigenvalue weighted by atomic mass is 9.87. The van der Waals surface area contributed by atoms with Crippen molar-refractivity contribution < 1.29 is 18.6 Å². The van der Waals surface area contributed by atoms with Crippen LogP contribution in [0.1, 0.15) is 27.7 Å². The Morgan fingerprint density at radius 1 is 1.44 bits per heavy atom. The number of hydrogen-bond donors (Lipinski definition) is 1. The van der Waals surface area contributed by atoms with Crippen molar-refractivity contribution in [2.45, 2.75) is 33.7 Å². The lowest BCUT2D eigenvalue weighted by Crippen LogP contribution is -2.45. The summed E-state index contributed by atoms with van der Waals surface area (Å²) in [4.78, 5) is 11.6. The minimum Gasteiger partial charge on any atom is -0.468 e. The third-order valence-corrected chi connectivity index (χ3v) is 3.52. The molecule has 0 bridgehead atoms. The van der Waals surface area contributed by atoms with E-state index in [1.807, 2.05) is 20.8 Å². The molecule has 0 aliphatic heterocycles. The van der Waals surface area contributed by atoms with Gasteiger partial charge in [-0.05, 0) is 12.3 Å². The van der Waals surface area contributed by atoms with Crippen LogP contribution in [-0.4, -0.2) is 32.4 Å². The maximum atomic E-state index is 12.0. The fraction of sp³-hybridized carbons (Fsp3) is 0.900. The monoisotopic (exact) mass is 251 g/mol. The highest BCUT2D eigenvalue weighted by atomic mass is 31.2. The van der Waals surface area contributed by atoms with Gasteiger partial charge >= 0.3 is 5.97 Å². The van der Waals surface area contributed by atoms with Gasteiger partial charge in [0.15, 0.2) is 0 Å². The van der Waals surface area contributed by atoms with E-state index in [4.69, 9.17) is 4.52 Å². The molecule has 0 aromatic heterocycles. The minimum absolute atomic E-state index is 0.332. The minimum atomic E-state index is -2.96. The Morgan fingerprint density at radius 3 is 2.25 bits per heavy atom. The molecule has 0 heterocycles. The number of carbonyl (C=O) groups excluding carboxylic acids is 1. The number of carbonyl (C=O) groups is 1. The largest absolute Gasteiger partial charge is 0.468 e. The Hall–Kier alpha value is -0.380. The first-order chi connectivity index (χ1) is 7.14. The molecule has 0 fully saturated rings. The van der Waals surface area contributed by atoms with Gasteiger partial charge in [0.1, 0.15) is 6.04 Å². The summed E-state index contributed by atoms with van der Waals surface area (Å²) in [5.41, 5.74) is -0.393. The molecule has 1 unspecified atom stereocenters. The summed E-state index contributed by atoms with van der Waals surface area (Å²) in [6.07, 6.45) is 0. The normalized spacial score (nSPS) is 17.6. The molecule has 2 atom stereocenters. The Labute approximate surface area is 97.4 Å². The highest BCUT2D eigenvalue weighted by Gasteiger charge is 2.36. The molecular formula is C10H22NO4P. The van der Waals surface area contributed by atoms with Crippen LogP contribution in [0, 0.1) is 5.41 Å². The molecule has 1 N–H and O–H groups in total. The van der Waals surface area contributed by atoms with Crippen LogP contribution in [0.2, 0.25) is 0 Å². The Balaban J connectivity index is 4.82. The standard InChI is InChI=1S/C10H22NO4P/c1-7-15-16(6,13)11-8(9(12)14-5)10(2,3)4/h8H,7H2,1-6H3,(H,11,13)/t8-,16?/m1/s1. The average molecular weight is 251 g/mol. The van der Waals surface area contributed by atoms with E-state index in [1.165, 1.54) is 13.8 Å². The lowest BCUT2D eigenvalue weighted by molar-refractivity contribution is -0.145. The second-order valence-electron chi connectivity index (χ2n) is 4.71. The van der Waals surface area contributed by atoms with Crippen molar-refractivity contribution in [2.24, 2.45) is 5.41 Å². The van der Waals surface area contributed by atoms with E-state index in [-0.39, 0.29) is 0 Å². The first-order valence-corrected chi connectivity index (χ1v) is 7.29. The molecule has 6 heteroatoms. The Kier molecular flexibility index (Phi) is 5.66. The summed E-state index contributed by atoms with van der Waals surface area (Å²) >= 11 is 0. The average Bonchev–Trinajstić information content (AvgIpc) is 2.11. The van der Waals surface area contributed by atoms with E-state index in [1.54, 1.807) is 6.92 Å². The summed E-state index contributed by atoms with van der Waals surface area (Å²) in [7, 11) is -1.65. The van der Waals surface area contributed by atoms with Crippen LogP contribution in [0.4, 0.5) is 0 Å². The maximum absolute atomic E-state index is 12.0. The molecule has 0 amide bonds. The summed E-state index contributed by atoms with van der Waals surface area (Å²) in [6.45, 7) is 9.15. The molecule has 16 heavy (non-hydrogen) atoms. The molecule has 96 valence electrons. The van der Waals surface area contributed by atoms with Crippen LogP contribution in [0.25, 0.3) is 0 Å². The van der Waals surface area contributed by atoms with Gasteiger partial charge in [-0.1, -0.05) is 20.8 Å². The van der Waals surface area contributed by atoms with Gasteiger partial charge in [-0.2, -0.15) is 0 Å². The van der Waals surface area contributed by atoms with Crippen molar-refractivity contribution >= 4 is 13.5 Å². The summed E-state index contributed by atoms with van der Waals surface area (Å²) in [5.74, 6) is -0.436. The fourth-order valence-corrected chi connectivity index (χ4v) is 2.76. The van der Waals surface area contributed by atoms with E-state index < -0.39 is 24.9 Å². The SMILES string of the molecule is CCOP(C)(=O)N[C@H](C(=O)OC)C(C)(C)C. The maximum Gasteiger partial charge on any atom is 0.323 e. The van der Waals surface area contributed by atoms with Crippen molar-refractivity contribution in [1.29, 1.82) is 0 Å². The quantitative estimate of drug-likeness (QED) is 0.598. The zero-order chi connectivity index (χ0) is 13.0. The molecule has 0 saturated carbocycles. The molecular weight excluding hydrogens is 229 g/mol. The van der Waals surface area contributed by atoms with Crippen LogP contribution in [0.3, 0.4) is 0 Å². The van der Waals surface area contributed by atoms with E-state index in [9.17, 15) is 9.36 Å². The third-order valence-electron chi connectivity index (χ3n) is 2.04. The van der Waals surface area contributed by atoms with Gasteiger partial charge in [-0.25, -0.2) is 5.09 Å². The van der Waals surface area contributed by atoms with Crippen LogP contribution in [0.15, 0.2) is 0 Å². The third kappa shape index (κ3) is 5.10. The van der Waals surface area contributed by atoms with Gasteiger partial charge in [-0.3, -0.25) is 9.36 Å². The number of ether oxygens (including phenoxy) is 1. The van der Waals surface area contributed by atoms with Crippen molar-refractivity contribution in [3.8, 4) is 0 Å². The zero-order valence-electron chi connectivity index (χ0n) is 10.9. The number of hydrogen-bond acceptors (Lipinski definition) is 4. The van der Waals surface area contributed by atoms with Crippen molar-refractivity contribution in [3.05, 3.63) is 0 Å². The predicted octanol–water partition coefficient (Wildman–Crippen LogP) is 2.02. The molecule has 0 aliphatic carbocycles. The van der Waals surface area contributed by atoms with E-state index in [0.717, 1.165) is 0 Å². The Bertz CT molecular complexity index is 285. The van der Waals surface area contributed by atoms with Crippen molar-refractivity contribution in [2.75, 3.05) is 20.4 Å². The lowest BCUT2D eigenvalue weighted by Gasteiger charge is -2.31. The molecule has 5 nitrogen and oxygen atoms in total. The van der Waals surface area contributed by atoms with Gasteiger partial charge in [-0.15, -0.1) is 0 Å². The molecule has 0 aromatic carbocycles. The second kappa shape index (κ2) is 5.80. The van der Waals surface area contributed by atoms with Gasteiger partial charge in [0.2, 0.25) is 0 Å². The topological polar surface area (TPSA) is 64.6 Å². The van der Waals surface area contributed by atoms with E-state index in [2.05, 4.69) is 9.82 Å². The number of methoxy groups -OCH3 is 1.